The van der Waals surface area contributed by atoms with E-state index in [-0.39, 0.29) is 28.9 Å². The van der Waals surface area contributed by atoms with Crippen molar-refractivity contribution >= 4 is 17.7 Å². The molecule has 22 heavy (non-hydrogen) atoms. The molecule has 0 aromatic heterocycles. The highest BCUT2D eigenvalue weighted by Crippen LogP contribution is 2.46. The first kappa shape index (κ1) is 17.2. The summed E-state index contributed by atoms with van der Waals surface area (Å²) in [5.41, 5.74) is 8.86. The summed E-state index contributed by atoms with van der Waals surface area (Å²) in [7, 11) is 0. The zero-order valence-corrected chi connectivity index (χ0v) is 14.0. The first-order valence-corrected chi connectivity index (χ1v) is 8.90. The van der Waals surface area contributed by atoms with Crippen molar-refractivity contribution < 1.29 is 15.0 Å². The maximum atomic E-state index is 10.7. The van der Waals surface area contributed by atoms with Crippen LogP contribution in [0.1, 0.15) is 44.2 Å². The topological polar surface area (TPSA) is 83.5 Å². The van der Waals surface area contributed by atoms with Gasteiger partial charge in [-0.2, -0.15) is 11.8 Å². The van der Waals surface area contributed by atoms with E-state index in [1.807, 2.05) is 12.1 Å². The van der Waals surface area contributed by atoms with Crippen molar-refractivity contribution in [2.45, 2.75) is 56.2 Å². The van der Waals surface area contributed by atoms with Gasteiger partial charge in [-0.15, -0.1) is 0 Å². The molecule has 5 heteroatoms. The number of fused-ring (bicyclic) bond motifs is 1. The van der Waals surface area contributed by atoms with Gasteiger partial charge < -0.3 is 15.9 Å². The van der Waals surface area contributed by atoms with E-state index in [0.717, 1.165) is 19.3 Å². The lowest BCUT2D eigenvalue weighted by molar-refractivity contribution is -0.136. The molecule has 1 aliphatic carbocycles. The minimum atomic E-state index is -0.764. The molecule has 0 unspecified atom stereocenters. The van der Waals surface area contributed by atoms with Crippen LogP contribution < -0.4 is 5.73 Å². The zero-order chi connectivity index (χ0) is 16.3. The standard InChI is InChI=1S/C17H25NO3S/c1-3-17(4-2)13-10-12(19)6-5-11(13)9-14(16(17)18)22-8-7-15(20)21/h5-6,10,14,16,19H,3-4,7-9,18H2,1-2H3,(H,20,21)/t14-,16+/m1/s1. The van der Waals surface area contributed by atoms with Gasteiger partial charge in [-0.3, -0.25) is 4.79 Å². The van der Waals surface area contributed by atoms with E-state index in [0.29, 0.717) is 5.75 Å². The van der Waals surface area contributed by atoms with Crippen molar-refractivity contribution in [3.05, 3.63) is 29.3 Å². The van der Waals surface area contributed by atoms with Gasteiger partial charge in [0.15, 0.2) is 0 Å². The first-order valence-electron chi connectivity index (χ1n) is 7.86. The fraction of sp³-hybridized carbons (Fsp3) is 0.588. The molecule has 1 aliphatic rings. The Morgan fingerprint density at radius 3 is 2.68 bits per heavy atom. The Bertz CT molecular complexity index is 543. The van der Waals surface area contributed by atoms with Crippen molar-refractivity contribution in [2.24, 2.45) is 5.73 Å². The van der Waals surface area contributed by atoms with E-state index in [1.165, 1.54) is 11.1 Å². The molecule has 4 nitrogen and oxygen atoms in total. The van der Waals surface area contributed by atoms with Gasteiger partial charge in [-0.25, -0.2) is 0 Å². The Balaban J connectivity index is 2.32. The number of phenolic OH excluding ortho intramolecular Hbond substituents is 1. The van der Waals surface area contributed by atoms with E-state index in [4.69, 9.17) is 10.8 Å². The molecule has 1 aromatic carbocycles. The van der Waals surface area contributed by atoms with Gasteiger partial charge >= 0.3 is 5.97 Å². The lowest BCUT2D eigenvalue weighted by Gasteiger charge is -2.47. The number of phenols is 1. The molecular formula is C17H25NO3S. The van der Waals surface area contributed by atoms with Gasteiger partial charge in [-0.1, -0.05) is 19.9 Å². The van der Waals surface area contributed by atoms with Gasteiger partial charge in [0.1, 0.15) is 5.75 Å². The number of benzene rings is 1. The SMILES string of the molecule is CCC1(CC)c2cc(O)ccc2C[C@@H](SCCC(=O)O)[C@@H]1N. The van der Waals surface area contributed by atoms with Gasteiger partial charge in [0.25, 0.3) is 0 Å². The molecule has 2 atom stereocenters. The van der Waals surface area contributed by atoms with Crippen molar-refractivity contribution in [2.75, 3.05) is 5.75 Å². The minimum Gasteiger partial charge on any atom is -0.508 e. The predicted molar refractivity (Wildman–Crippen MR) is 90.5 cm³/mol. The van der Waals surface area contributed by atoms with Gasteiger partial charge in [0, 0.05) is 22.5 Å². The second-order valence-corrected chi connectivity index (χ2v) is 7.33. The van der Waals surface area contributed by atoms with Crippen LogP contribution in [-0.2, 0) is 16.6 Å². The molecule has 2 rings (SSSR count). The Kier molecular flexibility index (Phi) is 5.40. The fourth-order valence-corrected chi connectivity index (χ4v) is 5.01. The Morgan fingerprint density at radius 2 is 2.09 bits per heavy atom. The number of nitrogens with two attached hydrogens (primary N) is 1. The summed E-state index contributed by atoms with van der Waals surface area (Å²) in [4.78, 5) is 10.7. The summed E-state index contributed by atoms with van der Waals surface area (Å²) in [5, 5.41) is 18.9. The first-order chi connectivity index (χ1) is 10.4. The maximum absolute atomic E-state index is 10.7. The number of aliphatic carboxylic acids is 1. The Morgan fingerprint density at radius 1 is 1.41 bits per heavy atom. The second kappa shape index (κ2) is 6.92. The highest BCUT2D eigenvalue weighted by molar-refractivity contribution is 8.00. The van der Waals surface area contributed by atoms with Crippen LogP contribution in [0.3, 0.4) is 0 Å². The molecule has 1 aromatic rings. The highest BCUT2D eigenvalue weighted by Gasteiger charge is 2.44. The van der Waals surface area contributed by atoms with Crippen LogP contribution in [0.15, 0.2) is 18.2 Å². The number of thioether (sulfide) groups is 1. The largest absolute Gasteiger partial charge is 0.508 e. The van der Waals surface area contributed by atoms with E-state index in [1.54, 1.807) is 17.8 Å². The van der Waals surface area contributed by atoms with Crippen molar-refractivity contribution in [3.8, 4) is 5.75 Å². The number of rotatable bonds is 6. The molecule has 122 valence electrons. The third kappa shape index (κ3) is 3.10. The number of carboxylic acids is 1. The predicted octanol–water partition coefficient (Wildman–Crippen LogP) is 2.91. The summed E-state index contributed by atoms with van der Waals surface area (Å²) < 4.78 is 0. The number of carbonyl (C=O) groups is 1. The molecule has 0 amide bonds. The number of hydrogen-bond donors (Lipinski definition) is 3. The normalized spacial score (nSPS) is 23.0. The van der Waals surface area contributed by atoms with Crippen LogP contribution >= 0.6 is 11.8 Å². The second-order valence-electron chi connectivity index (χ2n) is 5.99. The molecule has 0 saturated carbocycles. The molecular weight excluding hydrogens is 298 g/mol. The van der Waals surface area contributed by atoms with E-state index >= 15 is 0 Å². The smallest absolute Gasteiger partial charge is 0.304 e. The summed E-state index contributed by atoms with van der Waals surface area (Å²) in [5.74, 6) is 0.110. The number of aromatic hydroxyl groups is 1. The summed E-state index contributed by atoms with van der Waals surface area (Å²) in [6.07, 6.45) is 2.83. The van der Waals surface area contributed by atoms with Crippen LogP contribution in [0.2, 0.25) is 0 Å². The Hall–Kier alpha value is -1.20. The fourth-order valence-electron chi connectivity index (χ4n) is 3.65. The van der Waals surface area contributed by atoms with Crippen LogP contribution in [-0.4, -0.2) is 33.2 Å². The molecule has 0 fully saturated rings. The molecule has 0 heterocycles. The molecule has 0 aliphatic heterocycles. The quantitative estimate of drug-likeness (QED) is 0.749. The van der Waals surface area contributed by atoms with E-state index < -0.39 is 5.97 Å². The Labute approximate surface area is 136 Å². The monoisotopic (exact) mass is 323 g/mol. The van der Waals surface area contributed by atoms with Crippen LogP contribution in [0.4, 0.5) is 0 Å². The van der Waals surface area contributed by atoms with Crippen molar-refractivity contribution in [3.63, 3.8) is 0 Å². The number of carboxylic acid groups (broad SMARTS) is 1. The summed E-state index contributed by atoms with van der Waals surface area (Å²) in [6, 6.07) is 5.54. The van der Waals surface area contributed by atoms with Crippen LogP contribution in [0.25, 0.3) is 0 Å². The minimum absolute atomic E-state index is 0.0319. The lowest BCUT2D eigenvalue weighted by Crippen LogP contribution is -2.55. The summed E-state index contributed by atoms with van der Waals surface area (Å²) >= 11 is 1.67. The zero-order valence-electron chi connectivity index (χ0n) is 13.2. The average molecular weight is 323 g/mol. The van der Waals surface area contributed by atoms with Crippen molar-refractivity contribution in [1.29, 1.82) is 0 Å². The van der Waals surface area contributed by atoms with Gasteiger partial charge in [0.05, 0.1) is 6.42 Å². The summed E-state index contributed by atoms with van der Waals surface area (Å²) in [6.45, 7) is 4.28. The molecule has 0 bridgehead atoms. The van der Waals surface area contributed by atoms with E-state index in [2.05, 4.69) is 13.8 Å². The third-order valence-electron chi connectivity index (χ3n) is 5.00. The lowest BCUT2D eigenvalue weighted by atomic mass is 9.63. The maximum Gasteiger partial charge on any atom is 0.304 e. The van der Waals surface area contributed by atoms with Gasteiger partial charge in [-0.05, 0) is 42.5 Å². The molecule has 0 saturated heterocycles. The van der Waals surface area contributed by atoms with Crippen LogP contribution in [0, 0.1) is 0 Å². The van der Waals surface area contributed by atoms with E-state index in [9.17, 15) is 9.90 Å². The van der Waals surface area contributed by atoms with Crippen LogP contribution in [0.5, 0.6) is 5.75 Å². The third-order valence-corrected chi connectivity index (χ3v) is 6.33. The molecule has 4 N–H and O–H groups in total. The highest BCUT2D eigenvalue weighted by atomic mass is 32.2. The van der Waals surface area contributed by atoms with Gasteiger partial charge in [0.2, 0.25) is 0 Å². The molecule has 0 radical (unpaired) electrons. The number of hydrogen-bond acceptors (Lipinski definition) is 4. The van der Waals surface area contributed by atoms with Crippen molar-refractivity contribution in [1.82, 2.24) is 0 Å². The molecule has 0 spiro atoms. The average Bonchev–Trinajstić information content (AvgIpc) is 2.49.